The van der Waals surface area contributed by atoms with Crippen molar-refractivity contribution in [1.29, 1.82) is 0 Å². The molecule has 55 heavy (non-hydrogen) atoms. The Bertz CT molecular complexity index is 1730. The molecule has 14 nitrogen and oxygen atoms in total. The third kappa shape index (κ3) is 10.2. The van der Waals surface area contributed by atoms with Gasteiger partial charge in [-0.05, 0) is 76.5 Å². The Morgan fingerprint density at radius 2 is 1.44 bits per heavy atom. The minimum atomic E-state index is -1.56. The SMILES string of the molecule is CC=CC=CC=CC(=O)N[C@@H](Cc1cc(F)cc(F)c1)C(=O)N[C@H]1COC(=O)[C@@H]2CCCN2C(=O)[C@H](C)NC(=O)[C@@H]2CCCCN2C(=O)[C@@H]2CCCN2C1=O. The number of hydrogen-bond donors (Lipinski definition) is 3. The van der Waals surface area contributed by atoms with Gasteiger partial charge in [-0.3, -0.25) is 28.8 Å². The number of cyclic esters (lactones) is 1. The highest BCUT2D eigenvalue weighted by Gasteiger charge is 2.45. The molecule has 1 aromatic carbocycles. The van der Waals surface area contributed by atoms with Crippen LogP contribution in [0.25, 0.3) is 0 Å². The average Bonchev–Trinajstić information content (AvgIpc) is 3.85. The van der Waals surface area contributed by atoms with E-state index in [1.54, 1.807) is 24.3 Å². The summed E-state index contributed by atoms with van der Waals surface area (Å²) in [4.78, 5) is 100. The predicted octanol–water partition coefficient (Wildman–Crippen LogP) is 1.59. The molecule has 0 spiro atoms. The minimum absolute atomic E-state index is 0.0381. The van der Waals surface area contributed by atoms with Crippen molar-refractivity contribution in [2.45, 2.75) is 101 Å². The van der Waals surface area contributed by atoms with Gasteiger partial charge < -0.3 is 35.4 Å². The van der Waals surface area contributed by atoms with Crippen LogP contribution in [0.5, 0.6) is 0 Å². The van der Waals surface area contributed by atoms with Crippen molar-refractivity contribution in [3.63, 3.8) is 0 Å². The van der Waals surface area contributed by atoms with Crippen LogP contribution in [0.3, 0.4) is 0 Å². The summed E-state index contributed by atoms with van der Waals surface area (Å²) < 4.78 is 34.0. The quantitative estimate of drug-likeness (QED) is 0.203. The molecule has 5 rings (SSSR count). The van der Waals surface area contributed by atoms with Gasteiger partial charge in [-0.25, -0.2) is 13.6 Å². The molecule has 16 heteroatoms. The molecule has 4 aliphatic heterocycles. The Balaban J connectivity index is 1.46. The molecule has 6 amide bonds. The van der Waals surface area contributed by atoms with Crippen LogP contribution in [0.2, 0.25) is 0 Å². The lowest BCUT2D eigenvalue weighted by molar-refractivity contribution is -0.158. The molecule has 0 aliphatic carbocycles. The maximum atomic E-state index is 14.4. The maximum Gasteiger partial charge on any atom is 0.328 e. The largest absolute Gasteiger partial charge is 0.461 e. The van der Waals surface area contributed by atoms with E-state index in [4.69, 9.17) is 4.74 Å². The van der Waals surface area contributed by atoms with Crippen molar-refractivity contribution in [3.8, 4) is 0 Å². The van der Waals surface area contributed by atoms with Gasteiger partial charge in [0, 0.05) is 38.2 Å². The number of rotatable bonds is 8. The van der Waals surface area contributed by atoms with E-state index in [-0.39, 0.29) is 44.5 Å². The van der Waals surface area contributed by atoms with Crippen molar-refractivity contribution >= 4 is 41.4 Å². The number of hydrogen-bond acceptors (Lipinski definition) is 8. The van der Waals surface area contributed by atoms with E-state index in [2.05, 4.69) is 16.0 Å². The standard InChI is InChI=1S/C39H48F2N6O8/c1-3-4-5-6-7-15-33(48)43-28(21-25-19-26(40)22-27(41)20-25)34(49)44-29-23-55-39(54)32-14-11-18-47(32)36(51)24(2)42-35(50)30-12-8-9-16-45(30)38(53)31-13-10-17-46(31)37(29)52/h3-7,15,19-20,22,24,28-32H,8-14,16-18,21,23H2,1-2H3,(H,42,50)(H,43,48)(H,44,49)/t24-,28-,29-,30-,31-,32-/m0/s1. The van der Waals surface area contributed by atoms with E-state index < -0.39 is 95.9 Å². The maximum absolute atomic E-state index is 14.4. The summed E-state index contributed by atoms with van der Waals surface area (Å²) in [6, 6.07) is -4.22. The van der Waals surface area contributed by atoms with Crippen LogP contribution in [0.15, 0.2) is 54.7 Å². The molecule has 4 aliphatic rings. The van der Waals surface area contributed by atoms with Crippen molar-refractivity contribution < 1.29 is 47.1 Å². The number of carbonyl (C=O) groups excluding carboxylic acids is 7. The van der Waals surface area contributed by atoms with Crippen LogP contribution < -0.4 is 16.0 Å². The molecule has 296 valence electrons. The summed E-state index contributed by atoms with van der Waals surface area (Å²) in [6.45, 7) is 3.29. The van der Waals surface area contributed by atoms with E-state index in [1.807, 2.05) is 6.92 Å². The highest BCUT2D eigenvalue weighted by atomic mass is 19.1. The van der Waals surface area contributed by atoms with Crippen molar-refractivity contribution in [1.82, 2.24) is 30.7 Å². The van der Waals surface area contributed by atoms with Gasteiger partial charge in [0.05, 0.1) is 0 Å². The summed E-state index contributed by atoms with van der Waals surface area (Å²) >= 11 is 0. The van der Waals surface area contributed by atoms with E-state index >= 15 is 0 Å². The Hall–Kier alpha value is -5.41. The molecule has 0 unspecified atom stereocenters. The fourth-order valence-electron chi connectivity index (χ4n) is 7.53. The van der Waals surface area contributed by atoms with E-state index in [0.717, 1.165) is 18.2 Å². The Labute approximate surface area is 318 Å². The number of allylic oxidation sites excluding steroid dienone is 5. The Kier molecular flexibility index (Phi) is 13.9. The number of fused-ring (bicyclic) bond motifs is 3. The van der Waals surface area contributed by atoms with Gasteiger partial charge in [-0.15, -0.1) is 0 Å². The molecule has 1 aromatic rings. The number of esters is 1. The number of carbonyl (C=O) groups is 7. The number of ether oxygens (including phenoxy) is 1. The van der Waals surface area contributed by atoms with Gasteiger partial charge in [-0.1, -0.05) is 30.4 Å². The summed E-state index contributed by atoms with van der Waals surface area (Å²) in [6.07, 6.45) is 12.1. The van der Waals surface area contributed by atoms with Gasteiger partial charge in [0.2, 0.25) is 35.4 Å². The molecule has 0 radical (unpaired) electrons. The van der Waals surface area contributed by atoms with Gasteiger partial charge in [0.25, 0.3) is 0 Å². The van der Waals surface area contributed by atoms with Crippen LogP contribution in [-0.4, -0.2) is 119 Å². The minimum Gasteiger partial charge on any atom is -0.461 e. The number of nitrogens with zero attached hydrogens (tertiary/aromatic N) is 3. The lowest BCUT2D eigenvalue weighted by Crippen LogP contribution is -2.62. The Morgan fingerprint density at radius 1 is 0.818 bits per heavy atom. The first kappa shape index (κ1) is 40.8. The van der Waals surface area contributed by atoms with Gasteiger partial charge in [0.1, 0.15) is 54.5 Å². The van der Waals surface area contributed by atoms with Crippen LogP contribution in [0.1, 0.15) is 64.4 Å². The first-order chi connectivity index (χ1) is 26.4. The van der Waals surface area contributed by atoms with E-state index in [1.165, 1.54) is 27.7 Å². The van der Waals surface area contributed by atoms with Crippen LogP contribution in [-0.2, 0) is 44.7 Å². The van der Waals surface area contributed by atoms with Crippen molar-refractivity contribution in [2.75, 3.05) is 26.2 Å². The molecule has 3 N–H and O–H groups in total. The van der Waals surface area contributed by atoms with Gasteiger partial charge >= 0.3 is 5.97 Å². The molecule has 0 saturated carbocycles. The highest BCUT2D eigenvalue weighted by molar-refractivity contribution is 5.98. The molecular formula is C39H48F2N6O8. The molecule has 4 fully saturated rings. The van der Waals surface area contributed by atoms with Crippen molar-refractivity contribution in [3.05, 3.63) is 71.9 Å². The molecule has 0 bridgehead atoms. The zero-order valence-electron chi connectivity index (χ0n) is 31.0. The second-order valence-electron chi connectivity index (χ2n) is 14.2. The summed E-state index contributed by atoms with van der Waals surface area (Å²) in [7, 11) is 0. The smallest absolute Gasteiger partial charge is 0.328 e. The normalized spacial score (nSPS) is 26.2. The molecule has 6 atom stereocenters. The second-order valence-corrected chi connectivity index (χ2v) is 14.2. The Morgan fingerprint density at radius 3 is 2.15 bits per heavy atom. The van der Waals surface area contributed by atoms with Crippen LogP contribution >= 0.6 is 0 Å². The van der Waals surface area contributed by atoms with E-state index in [0.29, 0.717) is 38.2 Å². The number of halogens is 2. The summed E-state index contributed by atoms with van der Waals surface area (Å²) in [5.74, 6) is -6.48. The zero-order valence-corrected chi connectivity index (χ0v) is 31.0. The van der Waals surface area contributed by atoms with Crippen LogP contribution in [0, 0.1) is 11.6 Å². The van der Waals surface area contributed by atoms with Crippen LogP contribution in [0.4, 0.5) is 8.78 Å². The highest BCUT2D eigenvalue weighted by Crippen LogP contribution is 2.27. The fraction of sp³-hybridized carbons (Fsp3) is 0.513. The van der Waals surface area contributed by atoms with Gasteiger partial charge in [-0.2, -0.15) is 0 Å². The number of amides is 6. The first-order valence-corrected chi connectivity index (χ1v) is 18.8. The third-order valence-corrected chi connectivity index (χ3v) is 10.2. The second kappa shape index (κ2) is 18.8. The summed E-state index contributed by atoms with van der Waals surface area (Å²) in [5.41, 5.74) is 0.0381. The molecule has 0 aromatic heterocycles. The lowest BCUT2D eigenvalue weighted by atomic mass is 9.99. The lowest BCUT2D eigenvalue weighted by Gasteiger charge is -2.39. The number of benzene rings is 1. The van der Waals surface area contributed by atoms with Gasteiger partial charge in [0.15, 0.2) is 0 Å². The number of nitrogens with one attached hydrogen (secondary N) is 3. The zero-order chi connectivity index (χ0) is 39.6. The van der Waals surface area contributed by atoms with E-state index in [9.17, 15) is 42.3 Å². The monoisotopic (exact) mass is 766 g/mol. The third-order valence-electron chi connectivity index (χ3n) is 10.2. The first-order valence-electron chi connectivity index (χ1n) is 18.8. The summed E-state index contributed by atoms with van der Waals surface area (Å²) in [5, 5.41) is 7.83. The number of piperidine rings is 1. The fourth-order valence-corrected chi connectivity index (χ4v) is 7.53. The topological polar surface area (TPSA) is 175 Å². The molecular weight excluding hydrogens is 718 g/mol. The average molecular weight is 767 g/mol. The molecule has 4 heterocycles. The van der Waals surface area contributed by atoms with Crippen molar-refractivity contribution in [2.24, 2.45) is 0 Å². The predicted molar refractivity (Wildman–Crippen MR) is 194 cm³/mol. The molecule has 4 saturated heterocycles.